The van der Waals surface area contributed by atoms with Crippen molar-refractivity contribution in [3.63, 3.8) is 0 Å². The molecule has 0 radical (unpaired) electrons. The molecule has 0 spiro atoms. The third-order valence-corrected chi connectivity index (χ3v) is 5.27. The Balaban J connectivity index is 1.76. The van der Waals surface area contributed by atoms with E-state index in [1.54, 1.807) is 7.11 Å². The van der Waals surface area contributed by atoms with E-state index in [9.17, 15) is 9.59 Å². The molecule has 1 saturated heterocycles. The Morgan fingerprint density at radius 2 is 1.88 bits per heavy atom. The maximum Gasteiger partial charge on any atom is 0.225 e. The fourth-order valence-corrected chi connectivity index (χ4v) is 3.50. The van der Waals surface area contributed by atoms with Crippen LogP contribution in [0.25, 0.3) is 0 Å². The first kappa shape index (κ1) is 17.8. The molecular weight excluding hydrogens is 316 g/mol. The molecule has 1 N–H and O–H groups in total. The fraction of sp³-hybridized carbons (Fsp3) is 0.600. The van der Waals surface area contributed by atoms with Crippen LogP contribution < -0.4 is 10.1 Å². The van der Waals surface area contributed by atoms with Crippen LogP contribution in [0.1, 0.15) is 38.2 Å². The van der Waals surface area contributed by atoms with Gasteiger partial charge in [-0.25, -0.2) is 0 Å². The highest BCUT2D eigenvalue weighted by Gasteiger charge is 2.41. The molecule has 136 valence electrons. The molecule has 5 nitrogen and oxygen atoms in total. The maximum atomic E-state index is 12.7. The molecule has 3 rings (SSSR count). The van der Waals surface area contributed by atoms with E-state index in [0.29, 0.717) is 19.0 Å². The summed E-state index contributed by atoms with van der Waals surface area (Å²) in [6.07, 6.45) is 2.43. The molecule has 1 aromatic carbocycles. The van der Waals surface area contributed by atoms with Gasteiger partial charge in [0.1, 0.15) is 5.75 Å². The average molecular weight is 344 g/mol. The van der Waals surface area contributed by atoms with E-state index < -0.39 is 0 Å². The smallest absolute Gasteiger partial charge is 0.225 e. The van der Waals surface area contributed by atoms with E-state index in [1.807, 2.05) is 43.0 Å². The molecule has 2 atom stereocenters. The number of carbonyl (C=O) groups is 2. The topological polar surface area (TPSA) is 58.6 Å². The van der Waals surface area contributed by atoms with Crippen molar-refractivity contribution in [1.29, 1.82) is 0 Å². The van der Waals surface area contributed by atoms with Crippen LogP contribution in [0.3, 0.4) is 0 Å². The zero-order valence-corrected chi connectivity index (χ0v) is 15.3. The number of benzene rings is 1. The normalized spacial score (nSPS) is 23.0. The molecule has 1 saturated carbocycles. The number of likely N-dealkylation sites (tertiary alicyclic amines) is 1. The lowest BCUT2D eigenvalue weighted by Crippen LogP contribution is -2.37. The second-order valence-corrected chi connectivity index (χ2v) is 7.57. The highest BCUT2D eigenvalue weighted by atomic mass is 16.5. The lowest BCUT2D eigenvalue weighted by Gasteiger charge is -2.18. The Morgan fingerprint density at radius 3 is 2.44 bits per heavy atom. The molecule has 2 fully saturated rings. The molecule has 0 aromatic heterocycles. The van der Waals surface area contributed by atoms with Crippen LogP contribution >= 0.6 is 0 Å². The van der Waals surface area contributed by atoms with Gasteiger partial charge in [-0.2, -0.15) is 0 Å². The van der Waals surface area contributed by atoms with Gasteiger partial charge in [-0.3, -0.25) is 9.59 Å². The van der Waals surface area contributed by atoms with Crippen molar-refractivity contribution < 1.29 is 14.3 Å². The van der Waals surface area contributed by atoms with Gasteiger partial charge < -0.3 is 15.0 Å². The van der Waals surface area contributed by atoms with E-state index in [-0.39, 0.29) is 29.6 Å². The van der Waals surface area contributed by atoms with Crippen molar-refractivity contribution in [2.75, 3.05) is 26.7 Å². The Kier molecular flexibility index (Phi) is 5.30. The van der Waals surface area contributed by atoms with Gasteiger partial charge in [-0.15, -0.1) is 0 Å². The Morgan fingerprint density at radius 1 is 1.20 bits per heavy atom. The highest BCUT2D eigenvalue weighted by molar-refractivity contribution is 5.84. The molecule has 0 unspecified atom stereocenters. The minimum Gasteiger partial charge on any atom is -0.497 e. The molecule has 2 aliphatic rings. The molecule has 5 heteroatoms. The molecule has 0 bridgehead atoms. The average Bonchev–Trinajstić information content (AvgIpc) is 3.35. The van der Waals surface area contributed by atoms with E-state index in [2.05, 4.69) is 5.32 Å². The summed E-state index contributed by atoms with van der Waals surface area (Å²) in [6.45, 7) is 5.69. The monoisotopic (exact) mass is 344 g/mol. The Labute approximate surface area is 149 Å². The molecular formula is C20H28N2O3. The first-order chi connectivity index (χ1) is 12.0. The van der Waals surface area contributed by atoms with Gasteiger partial charge >= 0.3 is 0 Å². The van der Waals surface area contributed by atoms with Crippen LogP contribution in [0.15, 0.2) is 24.3 Å². The summed E-state index contributed by atoms with van der Waals surface area (Å²) in [5.74, 6) is 1.44. The van der Waals surface area contributed by atoms with Crippen molar-refractivity contribution >= 4 is 11.8 Å². The lowest BCUT2D eigenvalue weighted by molar-refractivity contribution is -0.133. The van der Waals surface area contributed by atoms with Gasteiger partial charge in [0.25, 0.3) is 0 Å². The summed E-state index contributed by atoms with van der Waals surface area (Å²) >= 11 is 0. The minimum absolute atomic E-state index is 0.0350. The summed E-state index contributed by atoms with van der Waals surface area (Å²) in [5, 5.41) is 3.10. The lowest BCUT2D eigenvalue weighted by atomic mass is 9.88. The predicted octanol–water partition coefficient (Wildman–Crippen LogP) is 2.42. The maximum absolute atomic E-state index is 12.7. The van der Waals surface area contributed by atoms with E-state index in [0.717, 1.165) is 17.9 Å². The quantitative estimate of drug-likeness (QED) is 0.862. The minimum atomic E-state index is -0.185. The second kappa shape index (κ2) is 7.46. The third kappa shape index (κ3) is 4.14. The van der Waals surface area contributed by atoms with Crippen molar-refractivity contribution in [2.45, 2.75) is 32.6 Å². The van der Waals surface area contributed by atoms with Gasteiger partial charge in [0.15, 0.2) is 0 Å². The molecule has 25 heavy (non-hydrogen) atoms. The number of carbonyl (C=O) groups excluding carboxylic acids is 2. The second-order valence-electron chi connectivity index (χ2n) is 7.57. The Hall–Kier alpha value is -2.04. The van der Waals surface area contributed by atoms with Crippen molar-refractivity contribution in [3.05, 3.63) is 29.8 Å². The molecule has 1 aliphatic carbocycles. The van der Waals surface area contributed by atoms with Crippen molar-refractivity contribution in [3.8, 4) is 5.75 Å². The zero-order valence-electron chi connectivity index (χ0n) is 15.3. The number of nitrogens with one attached hydrogen (secondary N) is 1. The van der Waals surface area contributed by atoms with Gasteiger partial charge in [0.2, 0.25) is 11.8 Å². The molecule has 2 amide bonds. The molecule has 1 aromatic rings. The highest BCUT2D eigenvalue weighted by Crippen LogP contribution is 2.35. The van der Waals surface area contributed by atoms with Crippen LogP contribution in [-0.4, -0.2) is 43.5 Å². The zero-order chi connectivity index (χ0) is 18.0. The summed E-state index contributed by atoms with van der Waals surface area (Å²) in [6, 6.07) is 7.85. The SMILES string of the molecule is COc1ccc([C@H]2CN(C(=O)C(C)C)C[C@@H]2C(=O)NCC2CC2)cc1. The fourth-order valence-electron chi connectivity index (χ4n) is 3.50. The number of hydrogen-bond acceptors (Lipinski definition) is 3. The number of hydrogen-bond donors (Lipinski definition) is 1. The van der Waals surface area contributed by atoms with Crippen LogP contribution in [0.5, 0.6) is 5.75 Å². The van der Waals surface area contributed by atoms with Gasteiger partial charge in [0.05, 0.1) is 13.0 Å². The summed E-state index contributed by atoms with van der Waals surface area (Å²) in [7, 11) is 1.64. The van der Waals surface area contributed by atoms with Crippen LogP contribution in [0.4, 0.5) is 0 Å². The molecule has 1 aliphatic heterocycles. The number of amides is 2. The van der Waals surface area contributed by atoms with Crippen molar-refractivity contribution in [2.24, 2.45) is 17.8 Å². The summed E-state index contributed by atoms with van der Waals surface area (Å²) in [4.78, 5) is 27.0. The van der Waals surface area contributed by atoms with Gasteiger partial charge in [0, 0.05) is 31.5 Å². The van der Waals surface area contributed by atoms with E-state index >= 15 is 0 Å². The Bertz CT molecular complexity index is 622. The largest absolute Gasteiger partial charge is 0.497 e. The van der Waals surface area contributed by atoms with E-state index in [4.69, 9.17) is 4.74 Å². The third-order valence-electron chi connectivity index (χ3n) is 5.27. The van der Waals surface area contributed by atoms with Crippen molar-refractivity contribution in [1.82, 2.24) is 10.2 Å². The van der Waals surface area contributed by atoms with Gasteiger partial charge in [-0.1, -0.05) is 26.0 Å². The van der Waals surface area contributed by atoms with Crippen LogP contribution in [0.2, 0.25) is 0 Å². The number of methoxy groups -OCH3 is 1. The van der Waals surface area contributed by atoms with Crippen LogP contribution in [0, 0.1) is 17.8 Å². The van der Waals surface area contributed by atoms with Gasteiger partial charge in [-0.05, 0) is 36.5 Å². The summed E-state index contributed by atoms with van der Waals surface area (Å²) < 4.78 is 5.22. The van der Waals surface area contributed by atoms with E-state index in [1.165, 1.54) is 12.8 Å². The first-order valence-corrected chi connectivity index (χ1v) is 9.20. The summed E-state index contributed by atoms with van der Waals surface area (Å²) in [5.41, 5.74) is 1.09. The first-order valence-electron chi connectivity index (χ1n) is 9.20. The number of rotatable bonds is 6. The number of nitrogens with zero attached hydrogens (tertiary/aromatic N) is 1. The van der Waals surface area contributed by atoms with Crippen LogP contribution in [-0.2, 0) is 9.59 Å². The number of ether oxygens (including phenoxy) is 1. The predicted molar refractivity (Wildman–Crippen MR) is 96.4 cm³/mol. The molecule has 1 heterocycles. The standard InChI is InChI=1S/C20H28N2O3/c1-13(2)20(24)22-11-17(15-6-8-16(25-3)9-7-15)18(12-22)19(23)21-10-14-4-5-14/h6-9,13-14,17-18H,4-5,10-12H2,1-3H3,(H,21,23)/t17-,18+/m1/s1.